The summed E-state index contributed by atoms with van der Waals surface area (Å²) in [5.74, 6) is -0.785. The number of anilines is 1. The molecule has 1 aliphatic rings. The maximum absolute atomic E-state index is 12.9. The summed E-state index contributed by atoms with van der Waals surface area (Å²) in [6, 6.07) is 3.76. The van der Waals surface area contributed by atoms with Gasteiger partial charge < -0.3 is 10.2 Å². The van der Waals surface area contributed by atoms with Gasteiger partial charge in [-0.05, 0) is 31.0 Å². The van der Waals surface area contributed by atoms with Crippen LogP contribution in [0.15, 0.2) is 18.2 Å². The largest absolute Gasteiger partial charge is 0.333 e. The maximum atomic E-state index is 12.9. The van der Waals surface area contributed by atoms with Crippen LogP contribution in [-0.2, 0) is 9.59 Å². The van der Waals surface area contributed by atoms with Crippen LogP contribution in [-0.4, -0.2) is 29.8 Å². The fourth-order valence-corrected chi connectivity index (χ4v) is 2.37. The Morgan fingerprint density at radius 1 is 1.35 bits per heavy atom. The number of nitrogens with one attached hydrogen (secondary N) is 1. The first-order chi connectivity index (χ1) is 9.56. The lowest BCUT2D eigenvalue weighted by Crippen LogP contribution is -2.37. The van der Waals surface area contributed by atoms with Gasteiger partial charge >= 0.3 is 0 Å². The second-order valence-corrected chi connectivity index (χ2v) is 5.21. The Hall–Kier alpha value is -1.62. The third-order valence-corrected chi connectivity index (χ3v) is 3.52. The molecule has 1 saturated heterocycles. The lowest BCUT2D eigenvalue weighted by molar-refractivity contribution is -0.134. The van der Waals surface area contributed by atoms with Crippen LogP contribution < -0.4 is 5.32 Å². The minimum Gasteiger partial charge on any atom is -0.333 e. The maximum Gasteiger partial charge on any atom is 0.244 e. The lowest BCUT2D eigenvalue weighted by atomic mass is 10.2. The van der Waals surface area contributed by atoms with E-state index in [0.29, 0.717) is 18.7 Å². The Labute approximate surface area is 121 Å². The first-order valence-corrected chi connectivity index (χ1v) is 6.97. The molecule has 0 aromatic heterocycles. The molecule has 1 fully saturated rings. The molecular weight excluding hydrogens is 283 g/mol. The lowest BCUT2D eigenvalue weighted by Gasteiger charge is -2.20. The third kappa shape index (κ3) is 3.93. The van der Waals surface area contributed by atoms with E-state index in [1.165, 1.54) is 12.1 Å². The van der Waals surface area contributed by atoms with Crippen molar-refractivity contribution in [2.24, 2.45) is 0 Å². The van der Waals surface area contributed by atoms with Gasteiger partial charge in [-0.3, -0.25) is 9.59 Å². The van der Waals surface area contributed by atoms with E-state index in [1.807, 2.05) is 0 Å². The molecule has 0 unspecified atom stereocenters. The summed E-state index contributed by atoms with van der Waals surface area (Å²) in [5.41, 5.74) is 0.348. The summed E-state index contributed by atoms with van der Waals surface area (Å²) >= 11 is 5.84. The van der Waals surface area contributed by atoms with Crippen molar-refractivity contribution in [2.75, 3.05) is 18.4 Å². The summed E-state index contributed by atoms with van der Waals surface area (Å²) in [4.78, 5) is 25.3. The van der Waals surface area contributed by atoms with Crippen LogP contribution in [0.5, 0.6) is 0 Å². The summed E-state index contributed by atoms with van der Waals surface area (Å²) in [7, 11) is 0. The molecule has 1 aromatic carbocycles. The average molecular weight is 299 g/mol. The Morgan fingerprint density at radius 3 is 2.90 bits per heavy atom. The molecule has 1 heterocycles. The zero-order chi connectivity index (χ0) is 14.5. The zero-order valence-corrected chi connectivity index (χ0v) is 11.8. The van der Waals surface area contributed by atoms with E-state index < -0.39 is 5.82 Å². The van der Waals surface area contributed by atoms with Crippen molar-refractivity contribution in [3.05, 3.63) is 29.0 Å². The number of nitrogens with zero attached hydrogens (tertiary/aromatic N) is 1. The molecule has 6 heteroatoms. The third-order valence-electron chi connectivity index (χ3n) is 3.21. The summed E-state index contributed by atoms with van der Waals surface area (Å²) in [6.45, 7) is 0.607. The van der Waals surface area contributed by atoms with Gasteiger partial charge in [-0.1, -0.05) is 18.0 Å². The summed E-state index contributed by atoms with van der Waals surface area (Å²) in [5, 5.41) is 2.73. The first kappa shape index (κ1) is 14.8. The minimum absolute atomic E-state index is 0.00264. The van der Waals surface area contributed by atoms with Crippen molar-refractivity contribution < 1.29 is 14.0 Å². The predicted molar refractivity (Wildman–Crippen MR) is 75.1 cm³/mol. The fourth-order valence-electron chi connectivity index (χ4n) is 2.16. The smallest absolute Gasteiger partial charge is 0.244 e. The van der Waals surface area contributed by atoms with Gasteiger partial charge in [0.25, 0.3) is 0 Å². The van der Waals surface area contributed by atoms with Crippen molar-refractivity contribution in [2.45, 2.75) is 25.7 Å². The molecule has 0 saturated carbocycles. The number of amides is 2. The second kappa shape index (κ2) is 6.70. The molecule has 1 aliphatic heterocycles. The van der Waals surface area contributed by atoms with Crippen LogP contribution in [0.1, 0.15) is 25.7 Å². The van der Waals surface area contributed by atoms with Gasteiger partial charge in [0.2, 0.25) is 11.8 Å². The van der Waals surface area contributed by atoms with Gasteiger partial charge in [0.05, 0.1) is 17.3 Å². The van der Waals surface area contributed by atoms with Crippen molar-refractivity contribution in [1.29, 1.82) is 0 Å². The normalized spacial score (nSPS) is 15.9. The molecule has 1 aromatic rings. The van der Waals surface area contributed by atoms with Crippen molar-refractivity contribution in [3.8, 4) is 0 Å². The Balaban J connectivity index is 1.96. The molecule has 0 atom stereocenters. The Kier molecular flexibility index (Phi) is 4.95. The number of halogens is 2. The minimum atomic E-state index is -0.462. The molecule has 1 N–H and O–H groups in total. The van der Waals surface area contributed by atoms with E-state index in [2.05, 4.69) is 5.32 Å². The molecule has 0 radical (unpaired) electrons. The highest BCUT2D eigenvalue weighted by Gasteiger charge is 2.19. The summed E-state index contributed by atoms with van der Waals surface area (Å²) < 4.78 is 12.9. The van der Waals surface area contributed by atoms with Crippen molar-refractivity contribution >= 4 is 29.1 Å². The molecular formula is C14H16ClFN2O2. The molecule has 0 aliphatic carbocycles. The molecule has 2 amide bonds. The summed E-state index contributed by atoms with van der Waals surface area (Å²) in [6.07, 6.45) is 3.29. The number of carbonyl (C=O) groups excluding carboxylic acids is 2. The monoisotopic (exact) mass is 298 g/mol. The van der Waals surface area contributed by atoms with Crippen molar-refractivity contribution in [3.63, 3.8) is 0 Å². The Morgan fingerprint density at radius 2 is 2.15 bits per heavy atom. The van der Waals surface area contributed by atoms with Gasteiger partial charge in [0.15, 0.2) is 0 Å². The number of hydrogen-bond donors (Lipinski definition) is 1. The van der Waals surface area contributed by atoms with Crippen LogP contribution in [0.4, 0.5) is 10.1 Å². The highest BCUT2D eigenvalue weighted by molar-refractivity contribution is 6.33. The predicted octanol–water partition coefficient (Wildman–Crippen LogP) is 2.82. The molecule has 2 rings (SSSR count). The molecule has 0 spiro atoms. The number of benzene rings is 1. The molecule has 108 valence electrons. The Bertz CT molecular complexity index is 522. The number of rotatable bonds is 3. The van der Waals surface area contributed by atoms with E-state index in [4.69, 9.17) is 11.6 Å². The van der Waals surface area contributed by atoms with Gasteiger partial charge in [-0.2, -0.15) is 0 Å². The van der Waals surface area contributed by atoms with Gasteiger partial charge in [0, 0.05) is 13.0 Å². The highest BCUT2D eigenvalue weighted by Crippen LogP contribution is 2.22. The zero-order valence-electron chi connectivity index (χ0n) is 11.0. The second-order valence-electron chi connectivity index (χ2n) is 4.80. The first-order valence-electron chi connectivity index (χ1n) is 6.59. The van der Waals surface area contributed by atoms with Crippen LogP contribution in [0.3, 0.4) is 0 Å². The van der Waals surface area contributed by atoms with Gasteiger partial charge in [-0.25, -0.2) is 4.39 Å². The molecule has 20 heavy (non-hydrogen) atoms. The van der Waals surface area contributed by atoms with E-state index in [1.54, 1.807) is 4.90 Å². The van der Waals surface area contributed by atoms with E-state index >= 15 is 0 Å². The number of likely N-dealkylation sites (tertiary alicyclic amines) is 1. The number of hydrogen-bond acceptors (Lipinski definition) is 2. The van der Waals surface area contributed by atoms with E-state index in [-0.39, 0.29) is 23.4 Å². The topological polar surface area (TPSA) is 49.4 Å². The van der Waals surface area contributed by atoms with Gasteiger partial charge in [-0.15, -0.1) is 0 Å². The standard InChI is InChI=1S/C14H16ClFN2O2/c15-11-8-10(16)5-6-12(11)17-13(19)9-18-7-3-1-2-4-14(18)20/h5-6,8H,1-4,7,9H2,(H,17,19). The van der Waals surface area contributed by atoms with Crippen LogP contribution in [0.25, 0.3) is 0 Å². The van der Waals surface area contributed by atoms with E-state index in [0.717, 1.165) is 25.3 Å². The SMILES string of the molecule is O=C(CN1CCCCCC1=O)Nc1ccc(F)cc1Cl. The van der Waals surface area contributed by atoms with Crippen LogP contribution in [0, 0.1) is 5.82 Å². The average Bonchev–Trinajstić information content (AvgIpc) is 2.59. The number of carbonyl (C=O) groups is 2. The van der Waals surface area contributed by atoms with Crippen LogP contribution in [0.2, 0.25) is 5.02 Å². The quantitative estimate of drug-likeness (QED) is 0.933. The highest BCUT2D eigenvalue weighted by atomic mass is 35.5. The fraction of sp³-hybridized carbons (Fsp3) is 0.429. The van der Waals surface area contributed by atoms with Crippen LogP contribution >= 0.6 is 11.6 Å². The van der Waals surface area contributed by atoms with Gasteiger partial charge in [0.1, 0.15) is 5.82 Å². The molecule has 4 nitrogen and oxygen atoms in total. The molecule has 0 bridgehead atoms. The van der Waals surface area contributed by atoms with Crippen molar-refractivity contribution in [1.82, 2.24) is 4.90 Å². The van der Waals surface area contributed by atoms with E-state index in [9.17, 15) is 14.0 Å².